The van der Waals surface area contributed by atoms with Crippen LogP contribution < -0.4 is 15.2 Å². The van der Waals surface area contributed by atoms with E-state index < -0.39 is 34.8 Å². The molecule has 0 saturated heterocycles. The summed E-state index contributed by atoms with van der Waals surface area (Å²) in [6.07, 6.45) is 6.97. The number of hydrogen-bond acceptors (Lipinski definition) is 6. The Hall–Kier alpha value is -4.21. The number of ether oxygens (including phenoxy) is 1. The zero-order chi connectivity index (χ0) is 26.9. The van der Waals surface area contributed by atoms with Crippen LogP contribution in [0.15, 0.2) is 71.8 Å². The molecule has 3 aromatic rings. The monoisotopic (exact) mass is 512 g/mol. The topological polar surface area (TPSA) is 87.9 Å². The molecule has 0 unspecified atom stereocenters. The Morgan fingerprint density at radius 1 is 1.14 bits per heavy atom. The van der Waals surface area contributed by atoms with Gasteiger partial charge in [-0.05, 0) is 36.8 Å². The van der Waals surface area contributed by atoms with Crippen LogP contribution in [0.4, 0.5) is 8.78 Å². The van der Waals surface area contributed by atoms with Crippen molar-refractivity contribution >= 4 is 5.91 Å². The number of halogens is 2. The van der Waals surface area contributed by atoms with Gasteiger partial charge in [-0.3, -0.25) is 24.3 Å². The summed E-state index contributed by atoms with van der Waals surface area (Å²) in [5.41, 5.74) is -0.0528. The third-order valence-electron chi connectivity index (χ3n) is 5.64. The maximum Gasteiger partial charge on any atom is 0.278 e. The first kappa shape index (κ1) is 27.4. The number of amides is 1. The van der Waals surface area contributed by atoms with Crippen LogP contribution in [0.1, 0.15) is 43.4 Å². The van der Waals surface area contributed by atoms with Crippen LogP contribution in [0.3, 0.4) is 0 Å². The summed E-state index contributed by atoms with van der Waals surface area (Å²) in [5.74, 6) is -3.42. The highest BCUT2D eigenvalue weighted by Gasteiger charge is 2.35. The molecule has 0 aliphatic carbocycles. The molecule has 0 radical (unpaired) electrons. The highest BCUT2D eigenvalue weighted by molar-refractivity contribution is 5.96. The second kappa shape index (κ2) is 12.7. The summed E-state index contributed by atoms with van der Waals surface area (Å²) < 4.78 is 33.9. The molecule has 1 amide bonds. The van der Waals surface area contributed by atoms with Gasteiger partial charge in [-0.15, -0.1) is 0 Å². The highest BCUT2D eigenvalue weighted by atomic mass is 19.2. The molecule has 0 spiro atoms. The molecule has 3 heterocycles. The Kier molecular flexibility index (Phi) is 9.37. The largest absolute Gasteiger partial charge is 0.502 e. The lowest BCUT2D eigenvalue weighted by Crippen LogP contribution is -2.56. The zero-order valence-electron chi connectivity index (χ0n) is 21.0. The summed E-state index contributed by atoms with van der Waals surface area (Å²) in [6.45, 7) is 6.32. The minimum atomic E-state index is -1.07. The van der Waals surface area contributed by atoms with E-state index in [1.165, 1.54) is 34.0 Å². The number of aromatic hydroxyl groups is 1. The molecule has 1 aromatic carbocycles. The van der Waals surface area contributed by atoms with E-state index in [1.54, 1.807) is 29.4 Å². The molecule has 1 atom stereocenters. The molecular weight excluding hydrogens is 482 g/mol. The van der Waals surface area contributed by atoms with E-state index >= 15 is 0 Å². The van der Waals surface area contributed by atoms with Crippen molar-refractivity contribution in [2.45, 2.75) is 39.8 Å². The van der Waals surface area contributed by atoms with Crippen LogP contribution in [0, 0.1) is 11.6 Å². The molecule has 0 bridgehead atoms. The number of nitrogens with zero attached hydrogens (tertiary/aromatic N) is 4. The van der Waals surface area contributed by atoms with Gasteiger partial charge in [0.15, 0.2) is 23.0 Å². The Labute approximate surface area is 214 Å². The van der Waals surface area contributed by atoms with E-state index in [0.29, 0.717) is 13.0 Å². The van der Waals surface area contributed by atoms with Gasteiger partial charge < -0.3 is 14.7 Å². The number of carbonyl (C=O) groups is 1. The average molecular weight is 513 g/mol. The smallest absolute Gasteiger partial charge is 0.278 e. The van der Waals surface area contributed by atoms with E-state index in [1.807, 2.05) is 32.9 Å². The van der Waals surface area contributed by atoms with Crippen molar-refractivity contribution in [3.05, 3.63) is 100 Å². The van der Waals surface area contributed by atoms with Crippen molar-refractivity contribution in [2.75, 3.05) is 18.3 Å². The number of pyridine rings is 2. The first-order chi connectivity index (χ1) is 17.9. The molecule has 4 rings (SSSR count). The van der Waals surface area contributed by atoms with Crippen LogP contribution in [0.25, 0.3) is 0 Å². The summed E-state index contributed by atoms with van der Waals surface area (Å²) >= 11 is 0. The predicted molar refractivity (Wildman–Crippen MR) is 136 cm³/mol. The highest BCUT2D eigenvalue weighted by Crippen LogP contribution is 2.24. The van der Waals surface area contributed by atoms with E-state index in [-0.39, 0.29) is 24.7 Å². The Bertz CT molecular complexity index is 1300. The minimum absolute atomic E-state index is 0.0438. The Balaban J connectivity index is 0.00000186. The lowest BCUT2D eigenvalue weighted by molar-refractivity contribution is 0.0631. The van der Waals surface area contributed by atoms with E-state index in [4.69, 9.17) is 4.74 Å². The maximum atomic E-state index is 13.8. The molecule has 0 fully saturated rings. The van der Waals surface area contributed by atoms with E-state index in [9.17, 15) is 23.5 Å². The third kappa shape index (κ3) is 6.14. The van der Waals surface area contributed by atoms with Gasteiger partial charge in [-0.1, -0.05) is 39.0 Å². The summed E-state index contributed by atoms with van der Waals surface area (Å²) in [7, 11) is 0. The number of rotatable bonds is 8. The summed E-state index contributed by atoms with van der Waals surface area (Å²) in [5, 5.41) is 12.2. The quantitative estimate of drug-likeness (QED) is 0.455. The third-order valence-corrected chi connectivity index (χ3v) is 5.64. The van der Waals surface area contributed by atoms with Crippen molar-refractivity contribution in [1.29, 1.82) is 0 Å². The fourth-order valence-corrected chi connectivity index (χ4v) is 3.86. The second-order valence-electron chi connectivity index (χ2n) is 7.89. The average Bonchev–Trinajstić information content (AvgIpc) is 2.92. The van der Waals surface area contributed by atoms with Gasteiger partial charge in [-0.25, -0.2) is 4.39 Å². The van der Waals surface area contributed by atoms with Crippen LogP contribution in [0.5, 0.6) is 11.5 Å². The van der Waals surface area contributed by atoms with Gasteiger partial charge in [0.2, 0.25) is 11.2 Å². The molecule has 10 heteroatoms. The van der Waals surface area contributed by atoms with Gasteiger partial charge >= 0.3 is 0 Å². The lowest BCUT2D eigenvalue weighted by atomic mass is 10.1. The van der Waals surface area contributed by atoms with Gasteiger partial charge in [-0.2, -0.15) is 4.39 Å². The van der Waals surface area contributed by atoms with Crippen LogP contribution in [-0.4, -0.2) is 44.9 Å². The summed E-state index contributed by atoms with van der Waals surface area (Å²) in [6, 6.07) is 9.93. The standard InChI is InChI=1S/C25H24F2N4O4.C2H6/c1-2-18(8-6-14-35-21-10-5-9-19(26)22(21)27)30-16-29(15-17-7-3-4-12-28-17)31-13-11-20(32)24(33)23(31)25(30)34;1-2/h3-13,18,33H,2,14-16H2,1H3;1-2H3/b8-6+;/t18-;/m0./s1. The second-order valence-corrected chi connectivity index (χ2v) is 7.89. The number of aromatic nitrogens is 2. The zero-order valence-corrected chi connectivity index (χ0v) is 21.0. The first-order valence-electron chi connectivity index (χ1n) is 12.0. The molecule has 196 valence electrons. The number of carbonyl (C=O) groups excluding carboxylic acids is 1. The minimum Gasteiger partial charge on any atom is -0.502 e. The number of benzene rings is 1. The van der Waals surface area contributed by atoms with Crippen molar-refractivity contribution in [2.24, 2.45) is 0 Å². The maximum absolute atomic E-state index is 13.8. The van der Waals surface area contributed by atoms with Gasteiger partial charge in [0, 0.05) is 18.5 Å². The van der Waals surface area contributed by atoms with Crippen LogP contribution in [0.2, 0.25) is 0 Å². The van der Waals surface area contributed by atoms with Gasteiger partial charge in [0.1, 0.15) is 13.3 Å². The summed E-state index contributed by atoms with van der Waals surface area (Å²) in [4.78, 5) is 31.3. The molecular formula is C27H30F2N4O4. The van der Waals surface area contributed by atoms with Crippen LogP contribution in [-0.2, 0) is 6.54 Å². The Morgan fingerprint density at radius 3 is 2.62 bits per heavy atom. The fraction of sp³-hybridized carbons (Fsp3) is 0.296. The molecule has 0 saturated carbocycles. The predicted octanol–water partition coefficient (Wildman–Crippen LogP) is 4.22. The van der Waals surface area contributed by atoms with Crippen LogP contribution >= 0.6 is 0 Å². The fourth-order valence-electron chi connectivity index (χ4n) is 3.86. The number of hydrogen-bond donors (Lipinski definition) is 1. The molecule has 8 nitrogen and oxygen atoms in total. The number of fused-ring (bicyclic) bond motifs is 1. The van der Waals surface area contributed by atoms with Gasteiger partial charge in [0.25, 0.3) is 5.91 Å². The van der Waals surface area contributed by atoms with E-state index in [0.717, 1.165) is 11.8 Å². The first-order valence-corrected chi connectivity index (χ1v) is 12.0. The molecule has 1 aliphatic heterocycles. The molecule has 1 aliphatic rings. The Morgan fingerprint density at radius 2 is 1.92 bits per heavy atom. The van der Waals surface area contributed by atoms with E-state index in [2.05, 4.69) is 4.98 Å². The molecule has 37 heavy (non-hydrogen) atoms. The van der Waals surface area contributed by atoms with Gasteiger partial charge in [0.05, 0.1) is 18.3 Å². The molecule has 1 N–H and O–H groups in total. The SMILES string of the molecule is CC.CC[C@@H](/C=C/COc1cccc(F)c1F)N1CN(Cc2ccccn2)n2ccc(=O)c(O)c2C1=O. The van der Waals surface area contributed by atoms with Crippen molar-refractivity contribution < 1.29 is 23.4 Å². The lowest BCUT2D eigenvalue weighted by Gasteiger charge is -2.42. The van der Waals surface area contributed by atoms with Crippen molar-refractivity contribution in [3.63, 3.8) is 0 Å². The van der Waals surface area contributed by atoms with Crippen molar-refractivity contribution in [1.82, 2.24) is 14.6 Å². The van der Waals surface area contributed by atoms with Crippen molar-refractivity contribution in [3.8, 4) is 11.5 Å². The normalized spacial score (nSPS) is 13.7. The molecule has 2 aromatic heterocycles.